The molecule has 0 aliphatic heterocycles. The van der Waals surface area contributed by atoms with E-state index in [1.807, 2.05) is 30.3 Å². The molecule has 0 fully saturated rings. The van der Waals surface area contributed by atoms with E-state index in [1.165, 1.54) is 50.2 Å². The molecular formula is C32H36N4O8. The number of hydrogen-bond donors (Lipinski definition) is 7. The first kappa shape index (κ1) is 33.3. The second kappa shape index (κ2) is 15.8. The number of carboxylic acid groups (broad SMARTS) is 2. The maximum absolute atomic E-state index is 13.2. The minimum absolute atomic E-state index is 0.0292. The molecule has 0 aliphatic rings. The zero-order chi connectivity index (χ0) is 32.2. The van der Waals surface area contributed by atoms with Gasteiger partial charge in [0.05, 0.1) is 11.6 Å². The van der Waals surface area contributed by atoms with Crippen molar-refractivity contribution in [2.45, 2.75) is 57.3 Å². The predicted octanol–water partition coefficient (Wildman–Crippen LogP) is 2.33. The Hall–Kier alpha value is -5.23. The number of phenols is 1. The standard InChI is InChI=1S/C32H36N4O8/c1-19(33-26(32(43)44)17-10-21-6-4-3-5-7-21)28(38)34-20(2)29(39)36-27(18-22-8-15-25(37)16-9-22)30(40)35-24-13-11-23(12-14-24)31(41)42/h3-9,11-16,19-20,26-27,33,37H,10,17-18H2,1-2H3,(H,34,38)(H,35,40)(H,36,39)(H,41,42)(H,43,44)/t19-,20-,26-,27-/m0/s1. The molecule has 3 amide bonds. The Morgan fingerprint density at radius 1 is 0.682 bits per heavy atom. The number of aromatic hydroxyl groups is 1. The van der Waals surface area contributed by atoms with Crippen LogP contribution in [-0.4, -0.2) is 69.1 Å². The van der Waals surface area contributed by atoms with Crippen LogP contribution in [0.5, 0.6) is 5.75 Å². The number of benzene rings is 3. The lowest BCUT2D eigenvalue weighted by Gasteiger charge is -2.24. The number of hydrogen-bond acceptors (Lipinski definition) is 7. The summed E-state index contributed by atoms with van der Waals surface area (Å²) >= 11 is 0. The Morgan fingerprint density at radius 3 is 1.89 bits per heavy atom. The third-order valence-electron chi connectivity index (χ3n) is 6.87. The van der Waals surface area contributed by atoms with E-state index in [2.05, 4.69) is 21.3 Å². The van der Waals surface area contributed by atoms with Gasteiger partial charge in [-0.1, -0.05) is 42.5 Å². The molecule has 0 bridgehead atoms. The molecule has 0 unspecified atom stereocenters. The summed E-state index contributed by atoms with van der Waals surface area (Å²) in [6.45, 7) is 2.93. The van der Waals surface area contributed by atoms with E-state index in [1.54, 1.807) is 12.1 Å². The highest BCUT2D eigenvalue weighted by Gasteiger charge is 2.28. The molecule has 0 saturated heterocycles. The van der Waals surface area contributed by atoms with Gasteiger partial charge in [0.15, 0.2) is 0 Å². The van der Waals surface area contributed by atoms with Crippen LogP contribution in [-0.2, 0) is 32.0 Å². The van der Waals surface area contributed by atoms with Gasteiger partial charge in [-0.05, 0) is 74.2 Å². The van der Waals surface area contributed by atoms with Gasteiger partial charge in [0.1, 0.15) is 23.9 Å². The number of carbonyl (C=O) groups is 5. The molecule has 0 saturated carbocycles. The molecule has 0 aliphatic carbocycles. The summed E-state index contributed by atoms with van der Waals surface area (Å²) in [6, 6.07) is 16.8. The molecule has 3 aromatic carbocycles. The van der Waals surface area contributed by atoms with Gasteiger partial charge < -0.3 is 31.3 Å². The van der Waals surface area contributed by atoms with E-state index >= 15 is 0 Å². The second-order valence-electron chi connectivity index (χ2n) is 10.3. The molecule has 12 nitrogen and oxygen atoms in total. The number of nitrogens with one attached hydrogen (secondary N) is 4. The van der Waals surface area contributed by atoms with Crippen molar-refractivity contribution in [2.24, 2.45) is 0 Å². The third kappa shape index (κ3) is 10.2. The molecule has 0 aromatic heterocycles. The zero-order valence-corrected chi connectivity index (χ0v) is 24.3. The first-order valence-corrected chi connectivity index (χ1v) is 14.0. The molecule has 4 atom stereocenters. The largest absolute Gasteiger partial charge is 0.508 e. The van der Waals surface area contributed by atoms with Crippen molar-refractivity contribution < 1.29 is 39.3 Å². The summed E-state index contributed by atoms with van der Waals surface area (Å²) in [6.07, 6.45) is 0.789. The maximum Gasteiger partial charge on any atom is 0.335 e. The fraction of sp³-hybridized carbons (Fsp3) is 0.281. The molecule has 12 heteroatoms. The number of aryl methyl sites for hydroxylation is 1. The van der Waals surface area contributed by atoms with E-state index < -0.39 is 53.8 Å². The number of rotatable bonds is 15. The number of aliphatic carboxylic acids is 1. The lowest BCUT2D eigenvalue weighted by atomic mass is 10.0. The Labute approximate surface area is 254 Å². The summed E-state index contributed by atoms with van der Waals surface area (Å²) in [4.78, 5) is 62.1. The third-order valence-corrected chi connectivity index (χ3v) is 6.87. The SMILES string of the molecule is C[C@H](NC(=O)[C@H](C)N[C@@H](CCc1ccccc1)C(=O)O)C(=O)N[C@@H](Cc1ccc(O)cc1)C(=O)Nc1ccc(C(=O)O)cc1. The Balaban J connectivity index is 1.63. The highest BCUT2D eigenvalue weighted by molar-refractivity contribution is 5.99. The number of carboxylic acids is 2. The van der Waals surface area contributed by atoms with Crippen LogP contribution in [0.2, 0.25) is 0 Å². The smallest absolute Gasteiger partial charge is 0.335 e. The van der Waals surface area contributed by atoms with Crippen LogP contribution in [0.25, 0.3) is 0 Å². The van der Waals surface area contributed by atoms with Gasteiger partial charge in [-0.25, -0.2) is 4.79 Å². The van der Waals surface area contributed by atoms with Gasteiger partial charge in [-0.15, -0.1) is 0 Å². The second-order valence-corrected chi connectivity index (χ2v) is 10.3. The van der Waals surface area contributed by atoms with Gasteiger partial charge in [-0.3, -0.25) is 24.5 Å². The van der Waals surface area contributed by atoms with Crippen LogP contribution in [0, 0.1) is 0 Å². The van der Waals surface area contributed by atoms with Gasteiger partial charge in [0, 0.05) is 12.1 Å². The fourth-order valence-electron chi connectivity index (χ4n) is 4.31. The van der Waals surface area contributed by atoms with E-state index in [0.717, 1.165) is 5.56 Å². The zero-order valence-electron chi connectivity index (χ0n) is 24.3. The highest BCUT2D eigenvalue weighted by Crippen LogP contribution is 2.14. The predicted molar refractivity (Wildman–Crippen MR) is 162 cm³/mol. The van der Waals surface area contributed by atoms with Crippen LogP contribution in [0.4, 0.5) is 5.69 Å². The minimum Gasteiger partial charge on any atom is -0.508 e. The molecule has 3 rings (SSSR count). The first-order valence-electron chi connectivity index (χ1n) is 14.0. The summed E-state index contributed by atoms with van der Waals surface area (Å²) in [5.74, 6) is -4.05. The lowest BCUT2D eigenvalue weighted by molar-refractivity contribution is -0.140. The topological polar surface area (TPSA) is 194 Å². The Bertz CT molecular complexity index is 1450. The van der Waals surface area contributed by atoms with E-state index in [4.69, 9.17) is 5.11 Å². The molecule has 3 aromatic rings. The molecule has 7 N–H and O–H groups in total. The Morgan fingerprint density at radius 2 is 1.30 bits per heavy atom. The van der Waals surface area contributed by atoms with Crippen LogP contribution in [0.15, 0.2) is 78.9 Å². The van der Waals surface area contributed by atoms with Gasteiger partial charge >= 0.3 is 11.9 Å². The average Bonchev–Trinajstić information content (AvgIpc) is 3.00. The van der Waals surface area contributed by atoms with Crippen LogP contribution in [0.1, 0.15) is 41.8 Å². The Kier molecular flexibility index (Phi) is 12.0. The fourth-order valence-corrected chi connectivity index (χ4v) is 4.31. The first-order chi connectivity index (χ1) is 20.9. The average molecular weight is 605 g/mol. The molecule has 232 valence electrons. The summed E-state index contributed by atoms with van der Waals surface area (Å²) in [5.41, 5.74) is 1.95. The van der Waals surface area contributed by atoms with Crippen molar-refractivity contribution in [1.82, 2.24) is 16.0 Å². The molecule has 44 heavy (non-hydrogen) atoms. The highest BCUT2D eigenvalue weighted by atomic mass is 16.4. The van der Waals surface area contributed by atoms with Crippen LogP contribution < -0.4 is 21.3 Å². The number of aromatic carboxylic acids is 1. The number of anilines is 1. The monoisotopic (exact) mass is 604 g/mol. The minimum atomic E-state index is -1.12. The quantitative estimate of drug-likeness (QED) is 0.136. The van der Waals surface area contributed by atoms with E-state index in [0.29, 0.717) is 17.7 Å². The number of amides is 3. The lowest BCUT2D eigenvalue weighted by Crippen LogP contribution is -2.56. The van der Waals surface area contributed by atoms with Crippen molar-refractivity contribution in [2.75, 3.05) is 5.32 Å². The van der Waals surface area contributed by atoms with Gasteiger partial charge in [0.25, 0.3) is 0 Å². The summed E-state index contributed by atoms with van der Waals surface area (Å²) < 4.78 is 0. The van der Waals surface area contributed by atoms with E-state index in [9.17, 15) is 34.2 Å². The maximum atomic E-state index is 13.2. The molecule has 0 heterocycles. The number of carbonyl (C=O) groups excluding carboxylic acids is 3. The van der Waals surface area contributed by atoms with Crippen molar-refractivity contribution in [1.29, 1.82) is 0 Å². The molecular weight excluding hydrogens is 568 g/mol. The van der Waals surface area contributed by atoms with Gasteiger partial charge in [0.2, 0.25) is 17.7 Å². The van der Waals surface area contributed by atoms with Crippen molar-refractivity contribution in [3.8, 4) is 5.75 Å². The van der Waals surface area contributed by atoms with Crippen molar-refractivity contribution >= 4 is 35.3 Å². The van der Waals surface area contributed by atoms with Crippen molar-refractivity contribution in [3.05, 3.63) is 95.6 Å². The number of phenolic OH excluding ortho intramolecular Hbond substituents is 1. The summed E-state index contributed by atoms with van der Waals surface area (Å²) in [7, 11) is 0. The van der Waals surface area contributed by atoms with E-state index in [-0.39, 0.29) is 24.2 Å². The normalized spacial score (nSPS) is 13.5. The molecule has 0 radical (unpaired) electrons. The van der Waals surface area contributed by atoms with Gasteiger partial charge in [-0.2, -0.15) is 0 Å². The summed E-state index contributed by atoms with van der Waals surface area (Å²) in [5, 5.41) is 39.0. The molecule has 0 spiro atoms. The van der Waals surface area contributed by atoms with Crippen LogP contribution in [0.3, 0.4) is 0 Å². The van der Waals surface area contributed by atoms with Crippen LogP contribution >= 0.6 is 0 Å². The van der Waals surface area contributed by atoms with Crippen molar-refractivity contribution in [3.63, 3.8) is 0 Å².